The first-order chi connectivity index (χ1) is 13.4. The molecule has 0 saturated carbocycles. The summed E-state index contributed by atoms with van der Waals surface area (Å²) in [4.78, 5) is 50.6. The van der Waals surface area contributed by atoms with E-state index >= 15 is 0 Å². The molecule has 2 heterocycles. The van der Waals surface area contributed by atoms with Crippen molar-refractivity contribution in [3.63, 3.8) is 0 Å². The van der Waals surface area contributed by atoms with Gasteiger partial charge < -0.3 is 35.2 Å². The van der Waals surface area contributed by atoms with Crippen LogP contribution in [0, 0.1) is 5.82 Å². The number of halogens is 1. The molecule has 5 atom stereocenters. The molecule has 0 bridgehead atoms. The predicted molar refractivity (Wildman–Crippen MR) is 91.8 cm³/mol. The number of rotatable bonds is 8. The topological polar surface area (TPSA) is 250 Å². The second-order valence-corrected chi connectivity index (χ2v) is 10.6. The summed E-state index contributed by atoms with van der Waals surface area (Å²) in [6, 6.07) is 0. The van der Waals surface area contributed by atoms with Crippen LogP contribution in [-0.2, 0) is 31.6 Å². The minimum absolute atomic E-state index is 0.318. The van der Waals surface area contributed by atoms with Gasteiger partial charge in [0.15, 0.2) is 11.6 Å². The van der Waals surface area contributed by atoms with Crippen molar-refractivity contribution in [1.82, 2.24) is 9.55 Å². The normalized spacial score (nSPS) is 28.8. The molecule has 20 heteroatoms. The zero-order chi connectivity index (χ0) is 23.1. The number of hydrogen-bond donors (Lipinski definition) is 6. The Morgan fingerprint density at radius 1 is 1.30 bits per heavy atom. The molecule has 1 aliphatic rings. The van der Waals surface area contributed by atoms with Crippen molar-refractivity contribution >= 4 is 29.3 Å². The summed E-state index contributed by atoms with van der Waals surface area (Å²) in [5, 5.41) is 10.2. The number of nitrogen functional groups attached to an aromatic ring is 1. The van der Waals surface area contributed by atoms with Gasteiger partial charge in [-0.1, -0.05) is 0 Å². The third-order valence-electron chi connectivity index (χ3n) is 3.71. The molecule has 1 saturated heterocycles. The van der Waals surface area contributed by atoms with Crippen LogP contribution in [0.2, 0.25) is 0 Å². The van der Waals surface area contributed by atoms with E-state index < -0.39 is 65.3 Å². The van der Waals surface area contributed by atoms with Gasteiger partial charge in [-0.25, -0.2) is 22.9 Å². The van der Waals surface area contributed by atoms with E-state index in [0.29, 0.717) is 10.8 Å². The summed E-state index contributed by atoms with van der Waals surface area (Å²) < 4.78 is 64.9. The minimum atomic E-state index is -5.72. The van der Waals surface area contributed by atoms with E-state index in [0.717, 1.165) is 6.92 Å². The minimum Gasteiger partial charge on any atom is -0.390 e. The number of phosphoric acid groups is 3. The Balaban J connectivity index is 2.10. The van der Waals surface area contributed by atoms with E-state index in [1.54, 1.807) is 0 Å². The van der Waals surface area contributed by atoms with Gasteiger partial charge in [0.2, 0.25) is 0 Å². The van der Waals surface area contributed by atoms with Gasteiger partial charge in [0, 0.05) is 6.42 Å². The van der Waals surface area contributed by atoms with Crippen LogP contribution in [-0.4, -0.2) is 52.5 Å². The van der Waals surface area contributed by atoms with Gasteiger partial charge in [-0.05, 0) is 6.92 Å². The Hall–Kier alpha value is -1.06. The van der Waals surface area contributed by atoms with Gasteiger partial charge >= 0.3 is 29.2 Å². The molecule has 2 unspecified atom stereocenters. The highest BCUT2D eigenvalue weighted by Gasteiger charge is 2.48. The van der Waals surface area contributed by atoms with E-state index in [9.17, 15) is 32.9 Å². The molecule has 16 nitrogen and oxygen atoms in total. The molecule has 0 amide bonds. The van der Waals surface area contributed by atoms with Gasteiger partial charge in [0.25, 0.3) is 0 Å². The number of phosphoric ester groups is 1. The van der Waals surface area contributed by atoms with E-state index in [-0.39, 0.29) is 6.42 Å². The summed E-state index contributed by atoms with van der Waals surface area (Å²) in [5.41, 5.74) is 2.35. The SMILES string of the molecule is C[C@]1(COP(=O)(O)OP(=O)(O)OP(=O)(O)O)O[C@@H](n2cc(F)c(N)nc2=O)C[C@@H]1O. The van der Waals surface area contributed by atoms with Crippen LogP contribution in [0.25, 0.3) is 0 Å². The molecule has 7 N–H and O–H groups in total. The maximum atomic E-state index is 13.6. The lowest BCUT2D eigenvalue weighted by molar-refractivity contribution is -0.115. The molecule has 2 rings (SSSR count). The highest BCUT2D eigenvalue weighted by atomic mass is 31.3. The smallest absolute Gasteiger partial charge is 0.390 e. The monoisotopic (exact) mass is 499 g/mol. The first kappa shape index (κ1) is 25.2. The fraction of sp³-hybridized carbons (Fsp3) is 0.600. The number of aliphatic hydroxyl groups is 1. The molecule has 172 valence electrons. The van der Waals surface area contributed by atoms with Crippen molar-refractivity contribution in [2.75, 3.05) is 12.3 Å². The largest absolute Gasteiger partial charge is 0.490 e. The number of ether oxygens (including phenoxy) is 1. The number of hydrogen-bond acceptors (Lipinski definition) is 11. The van der Waals surface area contributed by atoms with E-state index in [4.69, 9.17) is 25.2 Å². The third kappa shape index (κ3) is 6.47. The lowest BCUT2D eigenvalue weighted by Gasteiger charge is -2.28. The molecular formula is C10H17FN3O13P3. The van der Waals surface area contributed by atoms with E-state index in [1.165, 1.54) is 0 Å². The van der Waals surface area contributed by atoms with Crippen molar-refractivity contribution < 1.29 is 60.6 Å². The summed E-state index contributed by atoms with van der Waals surface area (Å²) in [6.07, 6.45) is -2.39. The zero-order valence-corrected chi connectivity index (χ0v) is 17.5. The van der Waals surface area contributed by atoms with Crippen LogP contribution in [0.1, 0.15) is 19.6 Å². The molecular weight excluding hydrogens is 482 g/mol. The van der Waals surface area contributed by atoms with Crippen LogP contribution in [0.4, 0.5) is 10.2 Å². The van der Waals surface area contributed by atoms with Crippen molar-refractivity contribution in [2.45, 2.75) is 31.3 Å². The fourth-order valence-corrected chi connectivity index (χ4v) is 5.47. The number of nitrogens with zero attached hydrogens (tertiary/aromatic N) is 2. The van der Waals surface area contributed by atoms with E-state index in [1.807, 2.05) is 0 Å². The molecule has 0 radical (unpaired) electrons. The van der Waals surface area contributed by atoms with Crippen molar-refractivity contribution in [3.05, 3.63) is 22.5 Å². The highest BCUT2D eigenvalue weighted by molar-refractivity contribution is 7.66. The first-order valence-corrected chi connectivity index (χ1v) is 12.1. The Bertz CT molecular complexity index is 1010. The number of aromatic nitrogens is 2. The molecule has 0 aromatic carbocycles. The molecule has 0 aliphatic carbocycles. The van der Waals surface area contributed by atoms with Crippen molar-refractivity contribution in [3.8, 4) is 0 Å². The van der Waals surface area contributed by atoms with Gasteiger partial charge in [0.05, 0.1) is 18.9 Å². The second kappa shape index (κ2) is 8.47. The third-order valence-corrected chi connectivity index (χ3v) is 7.49. The molecule has 1 aromatic heterocycles. The summed E-state index contributed by atoms with van der Waals surface area (Å²) in [6.45, 7) is 0.183. The van der Waals surface area contributed by atoms with Crippen LogP contribution in [0.15, 0.2) is 11.0 Å². The number of aliphatic hydroxyl groups excluding tert-OH is 1. The fourth-order valence-electron chi connectivity index (χ4n) is 2.36. The average molecular weight is 499 g/mol. The molecule has 30 heavy (non-hydrogen) atoms. The van der Waals surface area contributed by atoms with Crippen molar-refractivity contribution in [1.29, 1.82) is 0 Å². The Morgan fingerprint density at radius 2 is 1.90 bits per heavy atom. The van der Waals surface area contributed by atoms with Crippen LogP contribution in [0.5, 0.6) is 0 Å². The Labute approximate surface area is 166 Å². The van der Waals surface area contributed by atoms with Gasteiger partial charge in [-0.15, -0.1) is 0 Å². The zero-order valence-electron chi connectivity index (χ0n) is 14.8. The molecule has 1 aromatic rings. The van der Waals surface area contributed by atoms with Gasteiger partial charge in [-0.2, -0.15) is 13.6 Å². The quantitative estimate of drug-likeness (QED) is 0.243. The molecule has 1 aliphatic heterocycles. The van der Waals surface area contributed by atoms with Crippen molar-refractivity contribution in [2.24, 2.45) is 0 Å². The maximum absolute atomic E-state index is 13.6. The van der Waals surface area contributed by atoms with Gasteiger partial charge in [0.1, 0.15) is 11.8 Å². The number of anilines is 1. The average Bonchev–Trinajstić information content (AvgIpc) is 2.81. The summed E-state index contributed by atoms with van der Waals surface area (Å²) >= 11 is 0. The standard InChI is InChI=1S/C10H17FN3O13P3/c1-10(4-24-29(20,21)27-30(22,23)26-28(17,18)19)6(15)2-7(25-10)14-3-5(11)8(12)13-9(14)16/h3,6-7,15H,2,4H2,1H3,(H,20,21)(H,22,23)(H2,12,13,16)(H2,17,18,19)/t6-,7+,10+/m0/s1. The molecule has 0 spiro atoms. The highest BCUT2D eigenvalue weighted by Crippen LogP contribution is 2.66. The number of nitrogens with two attached hydrogens (primary N) is 1. The van der Waals surface area contributed by atoms with E-state index in [2.05, 4.69) is 18.1 Å². The van der Waals surface area contributed by atoms with Crippen LogP contribution in [0.3, 0.4) is 0 Å². The Morgan fingerprint density at radius 3 is 2.47 bits per heavy atom. The first-order valence-electron chi connectivity index (χ1n) is 7.61. The predicted octanol–water partition coefficient (Wildman–Crippen LogP) is -0.654. The van der Waals surface area contributed by atoms with Crippen LogP contribution >= 0.6 is 23.5 Å². The lowest BCUT2D eigenvalue weighted by atomic mass is 10.0. The Kier molecular flexibility index (Phi) is 7.11. The molecule has 1 fully saturated rings. The lowest BCUT2D eigenvalue weighted by Crippen LogP contribution is -2.40. The summed E-state index contributed by atoms with van der Waals surface area (Å²) in [7, 11) is -16.7. The second-order valence-electron chi connectivity index (χ2n) is 6.17. The van der Waals surface area contributed by atoms with Crippen LogP contribution < -0.4 is 11.4 Å². The maximum Gasteiger partial charge on any atom is 0.490 e. The van der Waals surface area contributed by atoms with Gasteiger partial charge in [-0.3, -0.25) is 9.09 Å². The summed E-state index contributed by atoms with van der Waals surface area (Å²) in [5.74, 6) is -1.71.